The molecule has 0 bridgehead atoms. The van der Waals surface area contributed by atoms with Gasteiger partial charge in [0, 0.05) is 18.5 Å². The van der Waals surface area contributed by atoms with Crippen molar-refractivity contribution >= 4 is 5.91 Å². The Bertz CT molecular complexity index is 392. The predicted molar refractivity (Wildman–Crippen MR) is 76.3 cm³/mol. The summed E-state index contributed by atoms with van der Waals surface area (Å²) in [7, 11) is 0. The number of hydrogen-bond acceptors (Lipinski definition) is 1. The van der Waals surface area contributed by atoms with Crippen LogP contribution in [0, 0.1) is 12.3 Å². The van der Waals surface area contributed by atoms with Gasteiger partial charge in [-0.15, -0.1) is 0 Å². The van der Waals surface area contributed by atoms with Crippen LogP contribution in [0.5, 0.6) is 0 Å². The first kappa shape index (κ1) is 14.7. The van der Waals surface area contributed by atoms with Crippen LogP contribution < -0.4 is 0 Å². The number of carbonyl (C=O) groups excluding carboxylic acids is 1. The molecular weight excluding hydrogens is 222 g/mol. The molecule has 0 radical (unpaired) electrons. The summed E-state index contributed by atoms with van der Waals surface area (Å²) in [4.78, 5) is 14.0. The molecule has 18 heavy (non-hydrogen) atoms. The zero-order valence-electron chi connectivity index (χ0n) is 12.3. The molecule has 1 aromatic carbocycles. The number of rotatable bonds is 2. The highest BCUT2D eigenvalue weighted by molar-refractivity contribution is 5.83. The van der Waals surface area contributed by atoms with Gasteiger partial charge in [0.1, 0.15) is 0 Å². The van der Waals surface area contributed by atoms with E-state index in [0.29, 0.717) is 0 Å². The quantitative estimate of drug-likeness (QED) is 0.779. The summed E-state index contributed by atoms with van der Waals surface area (Å²) in [5.41, 5.74) is 2.32. The van der Waals surface area contributed by atoms with E-state index in [4.69, 9.17) is 0 Å². The number of nitrogens with zero attached hydrogens (tertiary/aromatic N) is 1. The molecule has 1 heterocycles. The molecule has 0 saturated carbocycles. The first-order valence-corrected chi connectivity index (χ1v) is 6.84. The van der Waals surface area contributed by atoms with Crippen molar-refractivity contribution in [1.29, 1.82) is 0 Å². The van der Waals surface area contributed by atoms with Gasteiger partial charge in [0.25, 0.3) is 0 Å². The van der Waals surface area contributed by atoms with E-state index in [0.717, 1.165) is 19.5 Å². The summed E-state index contributed by atoms with van der Waals surface area (Å²) in [6.45, 7) is 11.8. The summed E-state index contributed by atoms with van der Waals surface area (Å²) in [5.74, 6) is 0.285. The van der Waals surface area contributed by atoms with Gasteiger partial charge in [0.2, 0.25) is 5.91 Å². The van der Waals surface area contributed by atoms with Crippen molar-refractivity contribution in [2.45, 2.75) is 47.6 Å². The van der Waals surface area contributed by atoms with Gasteiger partial charge in [-0.3, -0.25) is 4.79 Å². The van der Waals surface area contributed by atoms with E-state index in [1.807, 2.05) is 32.6 Å². The number of hydrogen-bond donors (Lipinski definition) is 0. The van der Waals surface area contributed by atoms with Gasteiger partial charge in [0.15, 0.2) is 0 Å². The molecule has 1 fully saturated rings. The van der Waals surface area contributed by atoms with Crippen LogP contribution in [-0.2, 0) is 11.3 Å². The molecule has 0 aromatic heterocycles. The Balaban J connectivity index is 0.000000771. The lowest BCUT2D eigenvalue weighted by molar-refractivity contribution is -0.135. The third-order valence-electron chi connectivity index (χ3n) is 3.37. The van der Waals surface area contributed by atoms with Gasteiger partial charge in [-0.25, -0.2) is 0 Å². The molecule has 1 amide bonds. The van der Waals surface area contributed by atoms with Gasteiger partial charge in [-0.1, -0.05) is 57.5 Å². The smallest absolute Gasteiger partial charge is 0.228 e. The molecule has 2 rings (SSSR count). The average molecular weight is 247 g/mol. The molecule has 0 aliphatic carbocycles. The summed E-state index contributed by atoms with van der Waals surface area (Å²) in [6.07, 6.45) is 0.970. The lowest BCUT2D eigenvalue weighted by Crippen LogP contribution is -2.30. The van der Waals surface area contributed by atoms with Gasteiger partial charge < -0.3 is 4.90 Å². The summed E-state index contributed by atoms with van der Waals surface area (Å²) < 4.78 is 0. The number of likely N-dealkylation sites (tertiary alicyclic amines) is 1. The number of carbonyl (C=O) groups is 1. The van der Waals surface area contributed by atoms with E-state index < -0.39 is 0 Å². The third-order valence-corrected chi connectivity index (χ3v) is 3.37. The number of amides is 1. The first-order chi connectivity index (χ1) is 8.49. The van der Waals surface area contributed by atoms with Crippen LogP contribution in [0.2, 0.25) is 0 Å². The SMILES string of the molecule is CC.Cc1ccc(CN2CCC(C)(C)C2=O)cc1. The van der Waals surface area contributed by atoms with Crippen molar-refractivity contribution in [3.63, 3.8) is 0 Å². The maximum absolute atomic E-state index is 12.0. The Kier molecular flexibility index (Phi) is 4.94. The highest BCUT2D eigenvalue weighted by atomic mass is 16.2. The predicted octanol–water partition coefficient (Wildman–Crippen LogP) is 3.78. The topological polar surface area (TPSA) is 20.3 Å². The Hall–Kier alpha value is -1.31. The normalized spacial score (nSPS) is 17.4. The highest BCUT2D eigenvalue weighted by Gasteiger charge is 2.38. The largest absolute Gasteiger partial charge is 0.338 e. The van der Waals surface area contributed by atoms with Crippen molar-refractivity contribution in [3.8, 4) is 0 Å². The molecule has 100 valence electrons. The van der Waals surface area contributed by atoms with Gasteiger partial charge in [0.05, 0.1) is 0 Å². The molecule has 0 atom stereocenters. The number of benzene rings is 1. The molecule has 0 N–H and O–H groups in total. The zero-order chi connectivity index (χ0) is 13.8. The average Bonchev–Trinajstić information content (AvgIpc) is 2.62. The lowest BCUT2D eigenvalue weighted by atomic mass is 9.92. The fourth-order valence-corrected chi connectivity index (χ4v) is 2.12. The molecule has 2 heteroatoms. The van der Waals surface area contributed by atoms with E-state index in [2.05, 4.69) is 31.2 Å². The van der Waals surface area contributed by atoms with Crippen molar-refractivity contribution in [2.75, 3.05) is 6.54 Å². The maximum atomic E-state index is 12.0. The molecule has 1 saturated heterocycles. The Morgan fingerprint density at radius 2 is 1.72 bits per heavy atom. The minimum absolute atomic E-state index is 0.162. The van der Waals surface area contributed by atoms with Crippen molar-refractivity contribution in [1.82, 2.24) is 4.90 Å². The van der Waals surface area contributed by atoms with Gasteiger partial charge in [-0.05, 0) is 18.9 Å². The monoisotopic (exact) mass is 247 g/mol. The summed E-state index contributed by atoms with van der Waals surface area (Å²) in [6, 6.07) is 8.41. The van der Waals surface area contributed by atoms with Gasteiger partial charge >= 0.3 is 0 Å². The van der Waals surface area contributed by atoms with Crippen LogP contribution in [-0.4, -0.2) is 17.4 Å². The molecule has 0 spiro atoms. The summed E-state index contributed by atoms with van der Waals surface area (Å²) >= 11 is 0. The molecule has 1 aliphatic heterocycles. The van der Waals surface area contributed by atoms with Crippen LogP contribution >= 0.6 is 0 Å². The lowest BCUT2D eigenvalue weighted by Gasteiger charge is -2.19. The Labute approximate surface area is 111 Å². The Morgan fingerprint density at radius 1 is 1.17 bits per heavy atom. The highest BCUT2D eigenvalue weighted by Crippen LogP contribution is 2.31. The van der Waals surface area contributed by atoms with Gasteiger partial charge in [-0.2, -0.15) is 0 Å². The van der Waals surface area contributed by atoms with E-state index in [1.54, 1.807) is 0 Å². The zero-order valence-corrected chi connectivity index (χ0v) is 12.3. The van der Waals surface area contributed by atoms with Crippen LogP contribution in [0.4, 0.5) is 0 Å². The molecule has 2 nitrogen and oxygen atoms in total. The van der Waals surface area contributed by atoms with Crippen LogP contribution in [0.15, 0.2) is 24.3 Å². The van der Waals surface area contributed by atoms with E-state index in [9.17, 15) is 4.79 Å². The third kappa shape index (κ3) is 3.34. The summed E-state index contributed by atoms with van der Waals surface area (Å²) in [5, 5.41) is 0. The second kappa shape index (κ2) is 6.03. The fraction of sp³-hybridized carbons (Fsp3) is 0.562. The second-order valence-corrected chi connectivity index (χ2v) is 5.35. The standard InChI is InChI=1S/C14H19NO.C2H6/c1-11-4-6-12(7-5-11)10-15-9-8-14(2,3)13(15)16;1-2/h4-7H,8-10H2,1-3H3;1-2H3. The number of aryl methyl sites for hydroxylation is 1. The van der Waals surface area contributed by atoms with Crippen LogP contribution in [0.25, 0.3) is 0 Å². The Morgan fingerprint density at radius 3 is 2.17 bits per heavy atom. The molecule has 1 aliphatic rings. The molecular formula is C16H25NO. The first-order valence-electron chi connectivity index (χ1n) is 6.84. The molecule has 1 aromatic rings. The van der Waals surface area contributed by atoms with E-state index in [-0.39, 0.29) is 11.3 Å². The van der Waals surface area contributed by atoms with E-state index >= 15 is 0 Å². The van der Waals surface area contributed by atoms with Crippen LogP contribution in [0.1, 0.15) is 45.2 Å². The minimum Gasteiger partial charge on any atom is -0.338 e. The molecule has 0 unspecified atom stereocenters. The van der Waals surface area contributed by atoms with Crippen molar-refractivity contribution in [3.05, 3.63) is 35.4 Å². The second-order valence-electron chi connectivity index (χ2n) is 5.35. The van der Waals surface area contributed by atoms with Crippen LogP contribution in [0.3, 0.4) is 0 Å². The fourth-order valence-electron chi connectivity index (χ4n) is 2.12. The van der Waals surface area contributed by atoms with Crippen molar-refractivity contribution < 1.29 is 4.79 Å². The maximum Gasteiger partial charge on any atom is 0.228 e. The van der Waals surface area contributed by atoms with Crippen molar-refractivity contribution in [2.24, 2.45) is 5.41 Å². The minimum atomic E-state index is -0.162. The van der Waals surface area contributed by atoms with E-state index in [1.165, 1.54) is 11.1 Å².